The molecule has 13 heteroatoms. The van der Waals surface area contributed by atoms with Crippen LogP contribution in [-0.4, -0.2) is 27.7 Å². The van der Waals surface area contributed by atoms with Crippen molar-refractivity contribution in [3.63, 3.8) is 0 Å². The van der Waals surface area contributed by atoms with Crippen molar-refractivity contribution in [2.75, 3.05) is 0 Å². The summed E-state index contributed by atoms with van der Waals surface area (Å²) >= 11 is 3.76. The average Bonchev–Trinajstić information content (AvgIpc) is 3.98. The fraction of sp³-hybridized carbons (Fsp3) is 0.550. The van der Waals surface area contributed by atoms with E-state index >= 15 is 0 Å². The molecule has 1 aromatic carbocycles. The first-order valence-corrected chi connectivity index (χ1v) is 22.1. The van der Waals surface area contributed by atoms with Crippen LogP contribution in [0.2, 0.25) is 0 Å². The van der Waals surface area contributed by atoms with E-state index in [2.05, 4.69) is 44.1 Å². The van der Waals surface area contributed by atoms with Gasteiger partial charge in [0, 0.05) is 35.2 Å². The Morgan fingerprint density at radius 1 is 0.566 bits per heavy atom. The molecule has 5 heterocycles. The molecule has 0 fully saturated rings. The Bertz CT molecular complexity index is 1980. The number of benzene rings is 1. The number of nitro groups is 2. The topological polar surface area (TPSA) is 122 Å². The smallest absolute Gasteiger partial charge is 0.347 e. The molecule has 6 rings (SSSR count). The number of nitrogens with zero attached hydrogens (tertiary/aromatic N) is 6. The van der Waals surface area contributed by atoms with E-state index in [-0.39, 0.29) is 11.1 Å². The largest absolute Gasteiger partial charge is 0.357 e. The highest BCUT2D eigenvalue weighted by Crippen LogP contribution is 2.53. The van der Waals surface area contributed by atoms with Crippen molar-refractivity contribution in [1.82, 2.24) is 17.9 Å². The molecule has 0 saturated heterocycles. The molecule has 0 spiro atoms. The van der Waals surface area contributed by atoms with Crippen LogP contribution in [0.5, 0.6) is 0 Å². The third kappa shape index (κ3) is 9.17. The Morgan fingerprint density at radius 3 is 1.28 bits per heavy atom. The van der Waals surface area contributed by atoms with Crippen LogP contribution in [0.1, 0.15) is 129 Å². The Morgan fingerprint density at radius 2 is 0.925 bits per heavy atom. The highest BCUT2D eigenvalue weighted by Gasteiger charge is 2.40. The van der Waals surface area contributed by atoms with Crippen molar-refractivity contribution >= 4 is 77.2 Å². The monoisotopic (exact) mass is 776 g/mol. The van der Waals surface area contributed by atoms with Gasteiger partial charge in [0.05, 0.1) is 42.0 Å². The lowest BCUT2D eigenvalue weighted by Gasteiger charge is -2.08. The minimum atomic E-state index is -0.603. The number of unbranched alkanes of at least 4 members (excludes halogenated alkanes) is 16. The summed E-state index contributed by atoms with van der Waals surface area (Å²) in [7, 11) is 0. The lowest BCUT2D eigenvalue weighted by molar-refractivity contribution is -0.421. The van der Waals surface area contributed by atoms with Gasteiger partial charge in [-0.15, -0.1) is 22.7 Å². The van der Waals surface area contributed by atoms with Crippen LogP contribution in [0.3, 0.4) is 0 Å². The summed E-state index contributed by atoms with van der Waals surface area (Å²) in [5.74, 6) is 0. The van der Waals surface area contributed by atoms with E-state index in [1.807, 2.05) is 24.3 Å². The van der Waals surface area contributed by atoms with Crippen LogP contribution in [-0.2, 0) is 13.1 Å². The molecule has 0 radical (unpaired) electrons. The number of aromatic nitrogens is 4. The minimum absolute atomic E-state index is 0.181. The van der Waals surface area contributed by atoms with Crippen LogP contribution >= 0.6 is 34.4 Å². The summed E-state index contributed by atoms with van der Waals surface area (Å²) in [6, 6.07) is 7.94. The zero-order valence-corrected chi connectivity index (χ0v) is 33.6. The van der Waals surface area contributed by atoms with Gasteiger partial charge in [0.1, 0.15) is 22.2 Å². The molecule has 0 aliphatic carbocycles. The number of hydrogen-bond donors (Lipinski definition) is 0. The van der Waals surface area contributed by atoms with Crippen molar-refractivity contribution in [2.45, 2.75) is 143 Å². The second-order valence-electron chi connectivity index (χ2n) is 14.3. The van der Waals surface area contributed by atoms with E-state index in [1.165, 1.54) is 113 Å². The summed E-state index contributed by atoms with van der Waals surface area (Å²) < 4.78 is 15.5. The first-order chi connectivity index (χ1) is 25.9. The molecule has 0 atom stereocenters. The van der Waals surface area contributed by atoms with Gasteiger partial charge in [0.25, 0.3) is 0 Å². The van der Waals surface area contributed by atoms with Crippen LogP contribution in [0.15, 0.2) is 36.7 Å². The second-order valence-corrected chi connectivity index (χ2v) is 17.0. The van der Waals surface area contributed by atoms with Crippen LogP contribution < -0.4 is 0 Å². The fourth-order valence-corrected chi connectivity index (χ4v) is 10.4. The number of hydrogen-bond acceptors (Lipinski definition) is 9. The van der Waals surface area contributed by atoms with E-state index in [9.17, 15) is 20.2 Å². The Kier molecular flexibility index (Phi) is 14.0. The molecule has 10 nitrogen and oxygen atoms in total. The lowest BCUT2D eigenvalue weighted by Crippen LogP contribution is -2.02. The fourth-order valence-electron chi connectivity index (χ4n) is 7.58. The first-order valence-electron chi connectivity index (χ1n) is 19.7. The SMILES string of the molecule is CCCCCCCCCCCn1ccc2sc(-c3c([N+](=O)[O-])c([N+](=O)[O-])c(-c4cc5c(ccn5CCCCCCCCCCC)s4)c4nsnc34)cc21. The number of rotatable bonds is 24. The maximum absolute atomic E-state index is 12.9. The second kappa shape index (κ2) is 19.1. The van der Waals surface area contributed by atoms with Gasteiger partial charge in [-0.25, -0.2) is 0 Å². The molecule has 0 saturated carbocycles. The third-order valence-electron chi connectivity index (χ3n) is 10.4. The molecule has 284 valence electrons. The van der Waals surface area contributed by atoms with Crippen LogP contribution in [0.4, 0.5) is 11.4 Å². The van der Waals surface area contributed by atoms with E-state index < -0.39 is 21.2 Å². The van der Waals surface area contributed by atoms with E-state index in [4.69, 9.17) is 0 Å². The molecule has 0 aliphatic heterocycles. The molecule has 53 heavy (non-hydrogen) atoms. The van der Waals surface area contributed by atoms with Gasteiger partial charge in [-0.1, -0.05) is 117 Å². The predicted molar refractivity (Wildman–Crippen MR) is 223 cm³/mol. The Balaban J connectivity index is 1.23. The molecule has 5 aromatic heterocycles. The maximum Gasteiger partial charge on any atom is 0.357 e. The first kappa shape index (κ1) is 39.0. The van der Waals surface area contributed by atoms with E-state index in [0.29, 0.717) is 20.8 Å². The van der Waals surface area contributed by atoms with Crippen LogP contribution in [0.25, 0.3) is 52.3 Å². The van der Waals surface area contributed by atoms with Gasteiger partial charge < -0.3 is 9.13 Å². The number of aryl methyl sites for hydroxylation is 2. The Hall–Kier alpha value is -3.68. The van der Waals surface area contributed by atoms with Gasteiger partial charge in [0.2, 0.25) is 0 Å². The van der Waals surface area contributed by atoms with Crippen molar-refractivity contribution in [3.8, 4) is 20.9 Å². The van der Waals surface area contributed by atoms with Gasteiger partial charge in [-0.2, -0.15) is 8.75 Å². The summed E-state index contributed by atoms with van der Waals surface area (Å²) in [6.45, 7) is 6.20. The molecule has 6 aromatic rings. The predicted octanol–water partition coefficient (Wildman–Crippen LogP) is 13.9. The molecule has 0 unspecified atom stereocenters. The molecule has 0 N–H and O–H groups in total. The highest BCUT2D eigenvalue weighted by atomic mass is 32.1. The quantitative estimate of drug-likeness (QED) is 0.0343. The average molecular weight is 777 g/mol. The van der Waals surface area contributed by atoms with Crippen LogP contribution in [0, 0.1) is 20.2 Å². The number of fused-ring (bicyclic) bond motifs is 3. The number of nitro benzene ring substituents is 2. The van der Waals surface area contributed by atoms with Crippen molar-refractivity contribution in [2.24, 2.45) is 0 Å². The number of thiophene rings is 2. The molecule has 0 bridgehead atoms. The van der Waals surface area contributed by atoms with Crippen molar-refractivity contribution in [3.05, 3.63) is 56.9 Å². The van der Waals surface area contributed by atoms with Gasteiger partial charge >= 0.3 is 11.4 Å². The summed E-state index contributed by atoms with van der Waals surface area (Å²) in [6.07, 6.45) is 26.6. The summed E-state index contributed by atoms with van der Waals surface area (Å²) in [5, 5.41) is 25.8. The Labute approximate surface area is 323 Å². The maximum atomic E-state index is 12.9. The lowest BCUT2D eigenvalue weighted by atomic mass is 10.0. The van der Waals surface area contributed by atoms with Gasteiger partial charge in [0.15, 0.2) is 0 Å². The molecular weight excluding hydrogens is 725 g/mol. The van der Waals surface area contributed by atoms with E-state index in [0.717, 1.165) is 70.9 Å². The summed E-state index contributed by atoms with van der Waals surface area (Å²) in [5.41, 5.74) is 1.97. The normalized spacial score (nSPS) is 11.9. The standard InChI is InChI=1S/C40H52N6O4S3/c1-3-5-7-9-11-13-15-17-19-23-43-25-21-31-29(43)27-33(51-31)35-37-38(42-53-41-37)36(40(46(49)50)39(35)45(47)48)34-28-30-32(52-34)22-26-44(30)24-20-18-16-14-12-10-8-6-4-2/h21-22,25-28H,3-20,23-24H2,1-2H3. The molecule has 0 amide bonds. The minimum Gasteiger partial charge on any atom is -0.347 e. The van der Waals surface area contributed by atoms with E-state index in [1.54, 1.807) is 0 Å². The summed E-state index contributed by atoms with van der Waals surface area (Å²) in [4.78, 5) is 25.7. The van der Waals surface area contributed by atoms with Crippen molar-refractivity contribution in [1.29, 1.82) is 0 Å². The molecule has 0 aliphatic rings. The van der Waals surface area contributed by atoms with Gasteiger partial charge in [-0.3, -0.25) is 20.2 Å². The zero-order chi connectivity index (χ0) is 37.2. The van der Waals surface area contributed by atoms with Crippen molar-refractivity contribution < 1.29 is 9.85 Å². The van der Waals surface area contributed by atoms with Gasteiger partial charge in [-0.05, 0) is 37.1 Å². The third-order valence-corrected chi connectivity index (χ3v) is 13.2. The molecular formula is C40H52N6O4S3. The highest BCUT2D eigenvalue weighted by molar-refractivity contribution is 7.23. The zero-order valence-electron chi connectivity index (χ0n) is 31.1.